The van der Waals surface area contributed by atoms with E-state index in [-0.39, 0.29) is 5.91 Å². The van der Waals surface area contributed by atoms with E-state index >= 15 is 0 Å². The Balaban J connectivity index is 1.16. The predicted molar refractivity (Wildman–Crippen MR) is 140 cm³/mol. The minimum atomic E-state index is 0.149. The molecule has 1 amide bonds. The van der Waals surface area contributed by atoms with Crippen LogP contribution < -0.4 is 5.32 Å². The smallest absolute Gasteiger partial charge is 0.253 e. The highest BCUT2D eigenvalue weighted by atomic mass is 16.5. The number of aromatic nitrogens is 1. The van der Waals surface area contributed by atoms with Gasteiger partial charge in [0.15, 0.2) is 0 Å². The molecule has 0 radical (unpaired) electrons. The van der Waals surface area contributed by atoms with Crippen LogP contribution in [0.5, 0.6) is 0 Å². The zero-order valence-corrected chi connectivity index (χ0v) is 20.5. The van der Waals surface area contributed by atoms with Crippen molar-refractivity contribution in [2.75, 3.05) is 44.7 Å². The Hall–Kier alpha value is -2.70. The highest BCUT2D eigenvalue weighted by Gasteiger charge is 2.28. The molecule has 2 saturated heterocycles. The van der Waals surface area contributed by atoms with Gasteiger partial charge in [0.2, 0.25) is 0 Å². The third kappa shape index (κ3) is 4.74. The molecule has 6 rings (SSSR count). The molecule has 0 atom stereocenters. The fourth-order valence-electron chi connectivity index (χ4n) is 6.20. The number of carbonyl (C=O) groups is 1. The van der Waals surface area contributed by atoms with Crippen molar-refractivity contribution < 1.29 is 9.53 Å². The van der Waals surface area contributed by atoms with Crippen LogP contribution in [0.25, 0.3) is 17.2 Å². The number of anilines is 1. The number of hydrogen-bond donors (Lipinski definition) is 1. The van der Waals surface area contributed by atoms with Gasteiger partial charge in [0, 0.05) is 67.6 Å². The quantitative estimate of drug-likeness (QED) is 0.689. The molecule has 0 bridgehead atoms. The number of nitrogens with zero attached hydrogens (tertiary/aromatic N) is 3. The van der Waals surface area contributed by atoms with E-state index in [2.05, 4.69) is 34.5 Å². The number of pyridine rings is 1. The summed E-state index contributed by atoms with van der Waals surface area (Å²) >= 11 is 0. The Morgan fingerprint density at radius 3 is 2.46 bits per heavy atom. The molecule has 2 aliphatic carbocycles. The Labute approximate surface area is 208 Å². The lowest BCUT2D eigenvalue weighted by Crippen LogP contribution is -2.50. The minimum absolute atomic E-state index is 0.149. The van der Waals surface area contributed by atoms with Crippen LogP contribution in [0.15, 0.2) is 36.5 Å². The first-order chi connectivity index (χ1) is 17.3. The van der Waals surface area contributed by atoms with Crippen LogP contribution in [-0.4, -0.2) is 72.2 Å². The normalized spacial score (nSPS) is 21.4. The van der Waals surface area contributed by atoms with E-state index in [9.17, 15) is 4.79 Å². The number of benzene rings is 1. The summed E-state index contributed by atoms with van der Waals surface area (Å²) in [6.45, 7) is 5.37. The fraction of sp³-hybridized carbons (Fsp3) is 0.517. The Kier molecular flexibility index (Phi) is 6.57. The van der Waals surface area contributed by atoms with Gasteiger partial charge in [-0.1, -0.05) is 37.1 Å². The standard InChI is InChI=1S/C29H36N4O2/c34-29(33-14-12-24(13-15-33)32-16-18-35-19-17-32)22-10-8-21(9-11-22)26-20-30-27-7-3-6-25(27)28(26)31-23-4-1-2-5-23/h3,6,8-11,20,23-24H,1-2,4-5,7,12-19H2,(H,30,31). The molecule has 6 nitrogen and oxygen atoms in total. The summed E-state index contributed by atoms with van der Waals surface area (Å²) in [6.07, 6.45) is 14.5. The minimum Gasteiger partial charge on any atom is -0.381 e. The summed E-state index contributed by atoms with van der Waals surface area (Å²) in [5, 5.41) is 3.85. The third-order valence-electron chi connectivity index (χ3n) is 8.26. The summed E-state index contributed by atoms with van der Waals surface area (Å²) < 4.78 is 5.49. The van der Waals surface area contributed by atoms with Gasteiger partial charge in [-0.3, -0.25) is 14.7 Å². The van der Waals surface area contributed by atoms with Crippen LogP contribution in [-0.2, 0) is 11.2 Å². The van der Waals surface area contributed by atoms with Crippen LogP contribution in [0.4, 0.5) is 5.69 Å². The summed E-state index contributed by atoms with van der Waals surface area (Å²) in [5.74, 6) is 0.149. The number of hydrogen-bond acceptors (Lipinski definition) is 5. The van der Waals surface area contributed by atoms with Gasteiger partial charge in [-0.25, -0.2) is 0 Å². The second-order valence-electron chi connectivity index (χ2n) is 10.4. The van der Waals surface area contributed by atoms with Crippen molar-refractivity contribution >= 4 is 17.7 Å². The van der Waals surface area contributed by atoms with Crippen LogP contribution in [0.1, 0.15) is 60.1 Å². The van der Waals surface area contributed by atoms with Crippen molar-refractivity contribution in [2.24, 2.45) is 0 Å². The fourth-order valence-corrected chi connectivity index (χ4v) is 6.20. The number of morpholine rings is 1. The maximum Gasteiger partial charge on any atom is 0.253 e. The second-order valence-corrected chi connectivity index (χ2v) is 10.4. The highest BCUT2D eigenvalue weighted by molar-refractivity contribution is 5.95. The molecule has 6 heteroatoms. The maximum absolute atomic E-state index is 13.2. The molecule has 0 spiro atoms. The van der Waals surface area contributed by atoms with Gasteiger partial charge in [-0.05, 0) is 43.4 Å². The number of allylic oxidation sites excluding steroid dienone is 1. The molecule has 4 aliphatic rings. The predicted octanol–water partition coefficient (Wildman–Crippen LogP) is 4.61. The molecule has 184 valence electrons. The van der Waals surface area contributed by atoms with Gasteiger partial charge in [0.25, 0.3) is 5.91 Å². The topological polar surface area (TPSA) is 57.7 Å². The van der Waals surface area contributed by atoms with E-state index < -0.39 is 0 Å². The summed E-state index contributed by atoms with van der Waals surface area (Å²) in [5.41, 5.74) is 6.62. The maximum atomic E-state index is 13.2. The highest BCUT2D eigenvalue weighted by Crippen LogP contribution is 2.37. The van der Waals surface area contributed by atoms with Crippen LogP contribution in [0, 0.1) is 0 Å². The van der Waals surface area contributed by atoms with Crippen molar-refractivity contribution in [3.05, 3.63) is 53.4 Å². The number of likely N-dealkylation sites (tertiary alicyclic amines) is 1. The summed E-state index contributed by atoms with van der Waals surface area (Å²) in [6, 6.07) is 9.29. The Bertz CT molecular complexity index is 1080. The van der Waals surface area contributed by atoms with Gasteiger partial charge >= 0.3 is 0 Å². The molecule has 1 aromatic carbocycles. The van der Waals surface area contributed by atoms with Crippen LogP contribution >= 0.6 is 0 Å². The molecule has 1 saturated carbocycles. The monoisotopic (exact) mass is 472 g/mol. The van der Waals surface area contributed by atoms with Crippen LogP contribution in [0.2, 0.25) is 0 Å². The number of piperidine rings is 1. The second kappa shape index (κ2) is 10.1. The summed E-state index contributed by atoms with van der Waals surface area (Å²) in [4.78, 5) is 22.6. The molecule has 1 aromatic heterocycles. The number of amides is 1. The van der Waals surface area contributed by atoms with Gasteiger partial charge in [-0.15, -0.1) is 0 Å². The average molecular weight is 473 g/mol. The van der Waals surface area contributed by atoms with Gasteiger partial charge in [0.05, 0.1) is 24.6 Å². The van der Waals surface area contributed by atoms with E-state index in [1.54, 1.807) is 0 Å². The van der Waals surface area contributed by atoms with Gasteiger partial charge in [-0.2, -0.15) is 0 Å². The number of rotatable bonds is 5. The molecule has 2 aromatic rings. The van der Waals surface area contributed by atoms with Gasteiger partial charge in [0.1, 0.15) is 0 Å². The van der Waals surface area contributed by atoms with Gasteiger partial charge < -0.3 is 15.0 Å². The molecular formula is C29H36N4O2. The van der Waals surface area contributed by atoms with Crippen molar-refractivity contribution in [3.8, 4) is 11.1 Å². The number of carbonyl (C=O) groups excluding carboxylic acids is 1. The molecule has 3 fully saturated rings. The van der Waals surface area contributed by atoms with E-state index in [1.807, 2.05) is 23.2 Å². The molecule has 3 heterocycles. The zero-order chi connectivity index (χ0) is 23.6. The average Bonchev–Trinajstić information content (AvgIpc) is 3.62. The van der Waals surface area contributed by atoms with E-state index in [1.165, 1.54) is 36.9 Å². The van der Waals surface area contributed by atoms with E-state index in [0.717, 1.165) is 81.0 Å². The first-order valence-electron chi connectivity index (χ1n) is 13.4. The van der Waals surface area contributed by atoms with Crippen molar-refractivity contribution in [3.63, 3.8) is 0 Å². The van der Waals surface area contributed by atoms with Crippen molar-refractivity contribution in [1.82, 2.24) is 14.8 Å². The Morgan fingerprint density at radius 1 is 0.971 bits per heavy atom. The number of fused-ring (bicyclic) bond motifs is 1. The third-order valence-corrected chi connectivity index (χ3v) is 8.26. The van der Waals surface area contributed by atoms with Crippen molar-refractivity contribution in [2.45, 2.75) is 57.0 Å². The largest absolute Gasteiger partial charge is 0.381 e. The molecule has 1 N–H and O–H groups in total. The lowest BCUT2D eigenvalue weighted by molar-refractivity contribution is 0.00159. The molecular weight excluding hydrogens is 436 g/mol. The number of ether oxygens (including phenoxy) is 1. The summed E-state index contributed by atoms with van der Waals surface area (Å²) in [7, 11) is 0. The lowest BCUT2D eigenvalue weighted by Gasteiger charge is -2.40. The van der Waals surface area contributed by atoms with Crippen LogP contribution in [0.3, 0.4) is 0 Å². The zero-order valence-electron chi connectivity index (χ0n) is 20.5. The first kappa shape index (κ1) is 22.7. The van der Waals surface area contributed by atoms with E-state index in [4.69, 9.17) is 9.72 Å². The Morgan fingerprint density at radius 2 is 1.71 bits per heavy atom. The lowest BCUT2D eigenvalue weighted by atomic mass is 9.98. The molecule has 2 aliphatic heterocycles. The van der Waals surface area contributed by atoms with Crippen molar-refractivity contribution in [1.29, 1.82) is 0 Å². The number of nitrogens with one attached hydrogen (secondary N) is 1. The first-order valence-corrected chi connectivity index (χ1v) is 13.4. The SMILES string of the molecule is O=C(c1ccc(-c2cnc3c(c2NC2CCCC2)C=CC3)cc1)N1CCC(N2CCOCC2)CC1. The van der Waals surface area contributed by atoms with E-state index in [0.29, 0.717) is 12.1 Å². The molecule has 35 heavy (non-hydrogen) atoms. The molecule has 0 unspecified atom stereocenters.